The lowest BCUT2D eigenvalue weighted by Gasteiger charge is -2.12. The molecule has 1 unspecified atom stereocenters. The third-order valence-corrected chi connectivity index (χ3v) is 2.35. The van der Waals surface area contributed by atoms with Crippen LogP contribution in [0.4, 0.5) is 0 Å². The Labute approximate surface area is 109 Å². The molecule has 6 heteroatoms. The van der Waals surface area contributed by atoms with Crippen LogP contribution in [0, 0.1) is 0 Å². The SMILES string of the molecule is CCNC(C)CC(=O)NCCC(=O)NCCOC. The van der Waals surface area contributed by atoms with Gasteiger partial charge in [0.25, 0.3) is 0 Å². The van der Waals surface area contributed by atoms with Crippen LogP contribution in [0.2, 0.25) is 0 Å². The summed E-state index contributed by atoms with van der Waals surface area (Å²) in [5, 5.41) is 8.57. The minimum atomic E-state index is -0.0768. The molecule has 0 heterocycles. The summed E-state index contributed by atoms with van der Waals surface area (Å²) in [6.07, 6.45) is 0.726. The maximum atomic E-state index is 11.5. The number of amides is 2. The Morgan fingerprint density at radius 3 is 2.44 bits per heavy atom. The molecule has 2 amide bonds. The Hall–Kier alpha value is -1.14. The van der Waals surface area contributed by atoms with E-state index in [0.29, 0.717) is 32.5 Å². The fraction of sp³-hybridized carbons (Fsp3) is 0.833. The first-order valence-electron chi connectivity index (χ1n) is 6.35. The van der Waals surface area contributed by atoms with E-state index in [4.69, 9.17) is 4.74 Å². The Morgan fingerprint density at radius 1 is 1.17 bits per heavy atom. The second-order valence-electron chi connectivity index (χ2n) is 4.11. The summed E-state index contributed by atoms with van der Waals surface area (Å²) in [7, 11) is 1.58. The molecule has 0 aliphatic heterocycles. The zero-order chi connectivity index (χ0) is 13.8. The summed E-state index contributed by atoms with van der Waals surface area (Å²) in [6, 6.07) is 0.158. The summed E-state index contributed by atoms with van der Waals surface area (Å²) in [5.41, 5.74) is 0. The lowest BCUT2D eigenvalue weighted by atomic mass is 10.2. The molecule has 0 aliphatic rings. The standard InChI is InChI=1S/C12H25N3O3/c1-4-13-10(2)9-12(17)14-6-5-11(16)15-7-8-18-3/h10,13H,4-9H2,1-3H3,(H,14,17)(H,15,16). The Bertz CT molecular complexity index is 247. The van der Waals surface area contributed by atoms with Gasteiger partial charge in [-0.15, -0.1) is 0 Å². The van der Waals surface area contributed by atoms with Crippen molar-refractivity contribution in [3.05, 3.63) is 0 Å². The van der Waals surface area contributed by atoms with E-state index in [1.165, 1.54) is 0 Å². The number of carbonyl (C=O) groups is 2. The fourth-order valence-corrected chi connectivity index (χ4v) is 1.47. The van der Waals surface area contributed by atoms with E-state index in [0.717, 1.165) is 6.54 Å². The molecule has 0 aliphatic carbocycles. The molecule has 0 saturated heterocycles. The van der Waals surface area contributed by atoms with Crippen molar-refractivity contribution in [3.63, 3.8) is 0 Å². The predicted molar refractivity (Wildman–Crippen MR) is 70.3 cm³/mol. The van der Waals surface area contributed by atoms with Crippen molar-refractivity contribution in [1.82, 2.24) is 16.0 Å². The van der Waals surface area contributed by atoms with Gasteiger partial charge >= 0.3 is 0 Å². The number of nitrogens with one attached hydrogen (secondary N) is 3. The van der Waals surface area contributed by atoms with E-state index < -0.39 is 0 Å². The Balaban J connectivity index is 3.52. The van der Waals surface area contributed by atoms with Crippen molar-refractivity contribution in [3.8, 4) is 0 Å². The van der Waals surface area contributed by atoms with Crippen LogP contribution in [-0.4, -0.2) is 51.2 Å². The van der Waals surface area contributed by atoms with E-state index in [-0.39, 0.29) is 17.9 Å². The monoisotopic (exact) mass is 259 g/mol. The molecule has 0 spiro atoms. The van der Waals surface area contributed by atoms with E-state index >= 15 is 0 Å². The summed E-state index contributed by atoms with van der Waals surface area (Å²) in [4.78, 5) is 22.8. The van der Waals surface area contributed by atoms with Crippen LogP contribution in [0.15, 0.2) is 0 Å². The first-order chi connectivity index (χ1) is 8.60. The third kappa shape index (κ3) is 10.0. The van der Waals surface area contributed by atoms with Crippen molar-refractivity contribution < 1.29 is 14.3 Å². The topological polar surface area (TPSA) is 79.5 Å². The highest BCUT2D eigenvalue weighted by Gasteiger charge is 2.08. The predicted octanol–water partition coefficient (Wildman–Crippen LogP) is -0.357. The highest BCUT2D eigenvalue weighted by Crippen LogP contribution is 1.90. The quantitative estimate of drug-likeness (QED) is 0.468. The van der Waals surface area contributed by atoms with Gasteiger partial charge in [0.2, 0.25) is 11.8 Å². The number of hydrogen-bond acceptors (Lipinski definition) is 4. The van der Waals surface area contributed by atoms with Crippen molar-refractivity contribution in [1.29, 1.82) is 0 Å². The molecule has 3 N–H and O–H groups in total. The molecule has 0 fully saturated rings. The number of carbonyl (C=O) groups excluding carboxylic acids is 2. The van der Waals surface area contributed by atoms with Gasteiger partial charge in [0.1, 0.15) is 0 Å². The van der Waals surface area contributed by atoms with Gasteiger partial charge in [0.05, 0.1) is 6.61 Å². The molecule has 6 nitrogen and oxygen atoms in total. The normalized spacial score (nSPS) is 11.9. The van der Waals surface area contributed by atoms with E-state index in [1.807, 2.05) is 13.8 Å². The van der Waals surface area contributed by atoms with Gasteiger partial charge in [0, 0.05) is 39.1 Å². The van der Waals surface area contributed by atoms with Crippen LogP contribution in [-0.2, 0) is 14.3 Å². The van der Waals surface area contributed by atoms with Crippen LogP contribution < -0.4 is 16.0 Å². The van der Waals surface area contributed by atoms with Crippen LogP contribution in [0.25, 0.3) is 0 Å². The number of hydrogen-bond donors (Lipinski definition) is 3. The summed E-state index contributed by atoms with van der Waals surface area (Å²) >= 11 is 0. The van der Waals surface area contributed by atoms with Gasteiger partial charge in [-0.3, -0.25) is 9.59 Å². The number of rotatable bonds is 10. The van der Waals surface area contributed by atoms with Crippen molar-refractivity contribution in [2.45, 2.75) is 32.7 Å². The van der Waals surface area contributed by atoms with Gasteiger partial charge < -0.3 is 20.7 Å². The third-order valence-electron chi connectivity index (χ3n) is 2.35. The maximum absolute atomic E-state index is 11.5. The van der Waals surface area contributed by atoms with E-state index in [1.54, 1.807) is 7.11 Å². The van der Waals surface area contributed by atoms with Gasteiger partial charge in [-0.1, -0.05) is 6.92 Å². The smallest absolute Gasteiger partial charge is 0.221 e. The van der Waals surface area contributed by atoms with Crippen molar-refractivity contribution in [2.75, 3.05) is 33.4 Å². The molecule has 1 atom stereocenters. The zero-order valence-electron chi connectivity index (χ0n) is 11.5. The van der Waals surface area contributed by atoms with Gasteiger partial charge in [0.15, 0.2) is 0 Å². The molecule has 0 aromatic rings. The van der Waals surface area contributed by atoms with Crippen molar-refractivity contribution >= 4 is 11.8 Å². The van der Waals surface area contributed by atoms with Gasteiger partial charge in [-0.05, 0) is 13.5 Å². The summed E-state index contributed by atoms with van der Waals surface area (Å²) < 4.78 is 4.81. The molecule has 0 bridgehead atoms. The molecule has 0 radical (unpaired) electrons. The van der Waals surface area contributed by atoms with Crippen LogP contribution in [0.5, 0.6) is 0 Å². The highest BCUT2D eigenvalue weighted by molar-refractivity contribution is 5.79. The average molecular weight is 259 g/mol. The van der Waals surface area contributed by atoms with Crippen LogP contribution >= 0.6 is 0 Å². The zero-order valence-corrected chi connectivity index (χ0v) is 11.5. The Morgan fingerprint density at radius 2 is 1.83 bits per heavy atom. The first-order valence-corrected chi connectivity index (χ1v) is 6.35. The molecule has 0 aromatic heterocycles. The lowest BCUT2D eigenvalue weighted by Crippen LogP contribution is -2.36. The number of ether oxygens (including phenoxy) is 1. The molecular weight excluding hydrogens is 234 g/mol. The number of methoxy groups -OCH3 is 1. The fourth-order valence-electron chi connectivity index (χ4n) is 1.47. The largest absolute Gasteiger partial charge is 0.383 e. The van der Waals surface area contributed by atoms with Crippen LogP contribution in [0.3, 0.4) is 0 Å². The summed E-state index contributed by atoms with van der Waals surface area (Å²) in [5.74, 6) is -0.111. The van der Waals surface area contributed by atoms with E-state index in [2.05, 4.69) is 16.0 Å². The minimum absolute atomic E-state index is 0.0341. The maximum Gasteiger partial charge on any atom is 0.221 e. The molecular formula is C12H25N3O3. The van der Waals surface area contributed by atoms with Gasteiger partial charge in [-0.2, -0.15) is 0 Å². The molecule has 0 aromatic carbocycles. The minimum Gasteiger partial charge on any atom is -0.383 e. The Kier molecular flexibility index (Phi) is 10.3. The highest BCUT2D eigenvalue weighted by atomic mass is 16.5. The first kappa shape index (κ1) is 16.9. The van der Waals surface area contributed by atoms with Gasteiger partial charge in [-0.25, -0.2) is 0 Å². The summed E-state index contributed by atoms with van der Waals surface area (Å²) in [6.45, 7) is 6.17. The molecule has 106 valence electrons. The second kappa shape index (κ2) is 11.0. The lowest BCUT2D eigenvalue weighted by molar-refractivity contribution is -0.122. The molecule has 0 saturated carbocycles. The molecule has 0 rings (SSSR count). The van der Waals surface area contributed by atoms with Crippen LogP contribution in [0.1, 0.15) is 26.7 Å². The van der Waals surface area contributed by atoms with Crippen molar-refractivity contribution in [2.24, 2.45) is 0 Å². The molecule has 18 heavy (non-hydrogen) atoms. The van der Waals surface area contributed by atoms with E-state index in [9.17, 15) is 9.59 Å². The average Bonchev–Trinajstić information content (AvgIpc) is 2.29. The second-order valence-corrected chi connectivity index (χ2v) is 4.11.